The third-order valence-corrected chi connectivity index (χ3v) is 3.08. The van der Waals surface area contributed by atoms with Crippen LogP contribution in [0.4, 0.5) is 0 Å². The molecule has 1 aromatic carbocycles. The fourth-order valence-electron chi connectivity index (χ4n) is 1.61. The Balaban J connectivity index is 3.14. The molecule has 1 rings (SSSR count). The summed E-state index contributed by atoms with van der Waals surface area (Å²) in [4.78, 5) is 10.8. The summed E-state index contributed by atoms with van der Waals surface area (Å²) in [5.74, 6) is -1.19. The van der Waals surface area contributed by atoms with Gasteiger partial charge in [0.2, 0.25) is 0 Å². The van der Waals surface area contributed by atoms with Crippen LogP contribution in [0.1, 0.15) is 23.6 Å². The highest BCUT2D eigenvalue weighted by atomic mass is 35.5. The third-order valence-electron chi connectivity index (χ3n) is 2.74. The zero-order chi connectivity index (χ0) is 12.5. The lowest BCUT2D eigenvalue weighted by atomic mass is 9.95. The monoisotopic (exact) mass is 242 g/mol. The van der Waals surface area contributed by atoms with Crippen LogP contribution in [-0.4, -0.2) is 16.2 Å². The molecule has 2 N–H and O–H groups in total. The number of phenols is 1. The lowest BCUT2D eigenvalue weighted by Gasteiger charge is -2.14. The summed E-state index contributed by atoms with van der Waals surface area (Å²) in [5.41, 5.74) is 2.08. The molecule has 88 valence electrons. The van der Waals surface area contributed by atoms with E-state index in [2.05, 4.69) is 0 Å². The molecule has 1 aromatic rings. The first-order valence-electron chi connectivity index (χ1n) is 5.05. The largest absolute Gasteiger partial charge is 0.507 e. The number of phenolic OH excluding ortho intramolecular Hbond substituents is 1. The predicted octanol–water partition coefficient (Wildman–Crippen LogP) is 2.93. The van der Waals surface area contributed by atoms with E-state index in [0.717, 1.165) is 0 Å². The van der Waals surface area contributed by atoms with Crippen molar-refractivity contribution >= 4 is 17.6 Å². The number of aliphatic carboxylic acids is 1. The molecule has 0 saturated carbocycles. The van der Waals surface area contributed by atoms with Gasteiger partial charge in [0.05, 0.1) is 5.92 Å². The van der Waals surface area contributed by atoms with E-state index < -0.39 is 11.9 Å². The third kappa shape index (κ3) is 2.47. The van der Waals surface area contributed by atoms with Crippen molar-refractivity contribution in [3.05, 3.63) is 27.8 Å². The molecule has 1 atom stereocenters. The Morgan fingerprint density at radius 3 is 2.56 bits per heavy atom. The number of benzene rings is 1. The van der Waals surface area contributed by atoms with E-state index in [0.29, 0.717) is 28.1 Å². The molecule has 0 radical (unpaired) electrons. The lowest BCUT2D eigenvalue weighted by Crippen LogP contribution is -2.13. The number of hydrogen-bond donors (Lipinski definition) is 2. The highest BCUT2D eigenvalue weighted by Gasteiger charge is 2.17. The molecule has 3 nitrogen and oxygen atoms in total. The van der Waals surface area contributed by atoms with Crippen LogP contribution in [0, 0.1) is 19.8 Å². The van der Waals surface area contributed by atoms with E-state index in [4.69, 9.17) is 16.7 Å². The Kier molecular flexibility index (Phi) is 3.81. The highest BCUT2D eigenvalue weighted by Crippen LogP contribution is 2.32. The lowest BCUT2D eigenvalue weighted by molar-refractivity contribution is -0.141. The van der Waals surface area contributed by atoms with Crippen molar-refractivity contribution in [2.24, 2.45) is 5.92 Å². The van der Waals surface area contributed by atoms with Gasteiger partial charge < -0.3 is 10.2 Å². The van der Waals surface area contributed by atoms with E-state index in [1.165, 1.54) is 0 Å². The summed E-state index contributed by atoms with van der Waals surface area (Å²) in [7, 11) is 0. The topological polar surface area (TPSA) is 57.5 Å². The molecule has 0 bridgehead atoms. The normalized spacial score (nSPS) is 12.5. The zero-order valence-electron chi connectivity index (χ0n) is 9.54. The minimum Gasteiger partial charge on any atom is -0.507 e. The van der Waals surface area contributed by atoms with Crippen molar-refractivity contribution < 1.29 is 15.0 Å². The molecular formula is C12H15ClO3. The fourth-order valence-corrected chi connectivity index (χ4v) is 1.99. The van der Waals surface area contributed by atoms with Gasteiger partial charge in [-0.05, 0) is 43.0 Å². The van der Waals surface area contributed by atoms with Gasteiger partial charge in [0.15, 0.2) is 0 Å². The Morgan fingerprint density at radius 2 is 2.06 bits per heavy atom. The van der Waals surface area contributed by atoms with Gasteiger partial charge in [-0.25, -0.2) is 0 Å². The minimum absolute atomic E-state index is 0.192. The number of halogens is 1. The van der Waals surface area contributed by atoms with E-state index >= 15 is 0 Å². The van der Waals surface area contributed by atoms with Gasteiger partial charge >= 0.3 is 5.97 Å². The Morgan fingerprint density at radius 1 is 1.50 bits per heavy atom. The van der Waals surface area contributed by atoms with Crippen LogP contribution in [-0.2, 0) is 11.2 Å². The first kappa shape index (κ1) is 12.8. The number of aryl methyl sites for hydroxylation is 1. The molecule has 0 aliphatic heterocycles. The van der Waals surface area contributed by atoms with E-state index in [-0.39, 0.29) is 5.75 Å². The Bertz CT molecular complexity index is 427. The van der Waals surface area contributed by atoms with Gasteiger partial charge in [-0.2, -0.15) is 0 Å². The maximum Gasteiger partial charge on any atom is 0.306 e. The van der Waals surface area contributed by atoms with Crippen LogP contribution in [0.5, 0.6) is 5.75 Å². The predicted molar refractivity (Wildman–Crippen MR) is 63.1 cm³/mol. The summed E-state index contributed by atoms with van der Waals surface area (Å²) in [6, 6.07) is 1.66. The van der Waals surface area contributed by atoms with Crippen molar-refractivity contribution in [3.63, 3.8) is 0 Å². The maximum atomic E-state index is 10.8. The minimum atomic E-state index is -0.865. The van der Waals surface area contributed by atoms with Crippen LogP contribution >= 0.6 is 11.6 Å². The quantitative estimate of drug-likeness (QED) is 0.857. The Hall–Kier alpha value is -1.22. The fraction of sp³-hybridized carbons (Fsp3) is 0.417. The second-order valence-corrected chi connectivity index (χ2v) is 4.48. The molecule has 0 saturated heterocycles. The first-order valence-corrected chi connectivity index (χ1v) is 5.42. The van der Waals surface area contributed by atoms with Crippen LogP contribution < -0.4 is 0 Å². The van der Waals surface area contributed by atoms with E-state index in [1.54, 1.807) is 26.8 Å². The molecule has 4 heteroatoms. The van der Waals surface area contributed by atoms with Crippen molar-refractivity contribution in [3.8, 4) is 5.75 Å². The Labute approximate surface area is 99.7 Å². The standard InChI is InChI=1S/C12H15ClO3/c1-6-5-10(13)9(8(3)11(6)14)4-7(2)12(15)16/h5,7,14H,4H2,1-3H3,(H,15,16). The highest BCUT2D eigenvalue weighted by molar-refractivity contribution is 6.31. The van der Waals surface area contributed by atoms with Crippen LogP contribution in [0.3, 0.4) is 0 Å². The van der Waals surface area contributed by atoms with Crippen molar-refractivity contribution in [1.29, 1.82) is 0 Å². The summed E-state index contributed by atoms with van der Waals surface area (Å²) in [6.07, 6.45) is 0.327. The molecule has 0 spiro atoms. The van der Waals surface area contributed by atoms with Crippen molar-refractivity contribution in [2.45, 2.75) is 27.2 Å². The number of rotatable bonds is 3. The first-order chi connectivity index (χ1) is 7.34. The molecular weight excluding hydrogens is 228 g/mol. The van der Waals surface area contributed by atoms with Crippen LogP contribution in [0.25, 0.3) is 0 Å². The van der Waals surface area contributed by atoms with Crippen molar-refractivity contribution in [2.75, 3.05) is 0 Å². The molecule has 0 fully saturated rings. The average Bonchev–Trinajstić information content (AvgIpc) is 2.20. The van der Waals surface area contributed by atoms with Crippen LogP contribution in [0.2, 0.25) is 5.02 Å². The molecule has 1 unspecified atom stereocenters. The van der Waals surface area contributed by atoms with Gasteiger partial charge in [0.25, 0.3) is 0 Å². The molecule has 0 aromatic heterocycles. The second-order valence-electron chi connectivity index (χ2n) is 4.07. The number of carboxylic acids is 1. The van der Waals surface area contributed by atoms with Gasteiger partial charge in [0.1, 0.15) is 5.75 Å². The number of hydrogen-bond acceptors (Lipinski definition) is 2. The second kappa shape index (κ2) is 4.74. The molecule has 0 aliphatic carbocycles. The number of carboxylic acid groups (broad SMARTS) is 1. The van der Waals surface area contributed by atoms with Crippen molar-refractivity contribution in [1.82, 2.24) is 0 Å². The van der Waals surface area contributed by atoms with Gasteiger partial charge in [-0.15, -0.1) is 0 Å². The summed E-state index contributed by atoms with van der Waals surface area (Å²) in [6.45, 7) is 5.13. The van der Waals surface area contributed by atoms with Gasteiger partial charge in [0, 0.05) is 5.02 Å². The summed E-state index contributed by atoms with van der Waals surface area (Å²) in [5, 5.41) is 19.1. The molecule has 0 amide bonds. The summed E-state index contributed by atoms with van der Waals surface area (Å²) >= 11 is 6.05. The summed E-state index contributed by atoms with van der Waals surface area (Å²) < 4.78 is 0. The van der Waals surface area contributed by atoms with Gasteiger partial charge in [-0.3, -0.25) is 4.79 Å². The van der Waals surface area contributed by atoms with E-state index in [9.17, 15) is 9.90 Å². The van der Waals surface area contributed by atoms with E-state index in [1.807, 2.05) is 0 Å². The number of aromatic hydroxyl groups is 1. The van der Waals surface area contributed by atoms with Crippen LogP contribution in [0.15, 0.2) is 6.07 Å². The smallest absolute Gasteiger partial charge is 0.306 e. The SMILES string of the molecule is Cc1cc(Cl)c(CC(C)C(=O)O)c(C)c1O. The average molecular weight is 243 g/mol. The molecule has 0 aliphatic rings. The maximum absolute atomic E-state index is 10.8. The molecule has 16 heavy (non-hydrogen) atoms. The zero-order valence-corrected chi connectivity index (χ0v) is 10.3. The number of carbonyl (C=O) groups is 1. The molecule has 0 heterocycles. The van der Waals surface area contributed by atoms with Gasteiger partial charge in [-0.1, -0.05) is 18.5 Å².